The number of nitrogens with zero attached hydrogens (tertiary/aromatic N) is 1. The minimum atomic E-state index is -4.46. The number of benzene rings is 1. The standard InChI is InChI=1S/C13H18F3N3S/c1-19(2)7-3-6-18-9-4-5-11(13(14,15)16)10(8-9)12(17)20/h4-5,8,18H,3,6-7H2,1-2H3,(H2,17,20). The summed E-state index contributed by atoms with van der Waals surface area (Å²) in [6, 6.07) is 3.74. The molecule has 0 fully saturated rings. The summed E-state index contributed by atoms with van der Waals surface area (Å²) in [6.45, 7) is 1.57. The van der Waals surface area contributed by atoms with Crippen molar-refractivity contribution in [3.8, 4) is 0 Å². The van der Waals surface area contributed by atoms with E-state index in [2.05, 4.69) is 5.32 Å². The van der Waals surface area contributed by atoms with Crippen LogP contribution in [0.3, 0.4) is 0 Å². The van der Waals surface area contributed by atoms with E-state index >= 15 is 0 Å². The maximum absolute atomic E-state index is 12.8. The highest BCUT2D eigenvalue weighted by atomic mass is 32.1. The van der Waals surface area contributed by atoms with Crippen molar-refractivity contribution in [3.05, 3.63) is 29.3 Å². The van der Waals surface area contributed by atoms with E-state index in [9.17, 15) is 13.2 Å². The molecule has 7 heteroatoms. The van der Waals surface area contributed by atoms with Crippen LogP contribution in [0, 0.1) is 0 Å². The summed E-state index contributed by atoms with van der Waals surface area (Å²) in [5.41, 5.74) is 5.00. The molecule has 0 amide bonds. The van der Waals surface area contributed by atoms with Crippen molar-refractivity contribution in [2.45, 2.75) is 12.6 Å². The zero-order valence-electron chi connectivity index (χ0n) is 11.4. The van der Waals surface area contributed by atoms with Gasteiger partial charge in [0.2, 0.25) is 0 Å². The lowest BCUT2D eigenvalue weighted by molar-refractivity contribution is -0.137. The van der Waals surface area contributed by atoms with Crippen LogP contribution in [-0.2, 0) is 6.18 Å². The van der Waals surface area contributed by atoms with E-state index in [1.807, 2.05) is 19.0 Å². The Morgan fingerprint density at radius 1 is 1.35 bits per heavy atom. The van der Waals surface area contributed by atoms with Gasteiger partial charge in [-0.3, -0.25) is 0 Å². The Kier molecular flexibility index (Phi) is 5.76. The largest absolute Gasteiger partial charge is 0.417 e. The molecule has 3 nitrogen and oxygen atoms in total. The summed E-state index contributed by atoms with van der Waals surface area (Å²) in [4.78, 5) is 1.78. The molecule has 3 N–H and O–H groups in total. The Balaban J connectivity index is 2.81. The number of anilines is 1. The topological polar surface area (TPSA) is 41.3 Å². The van der Waals surface area contributed by atoms with Gasteiger partial charge in [-0.05, 0) is 45.3 Å². The lowest BCUT2D eigenvalue weighted by atomic mass is 10.1. The van der Waals surface area contributed by atoms with Gasteiger partial charge in [0.05, 0.1) is 5.56 Å². The van der Waals surface area contributed by atoms with Crippen molar-refractivity contribution in [2.75, 3.05) is 32.5 Å². The van der Waals surface area contributed by atoms with Gasteiger partial charge in [0.1, 0.15) is 4.99 Å². The summed E-state index contributed by atoms with van der Waals surface area (Å²) < 4.78 is 38.4. The summed E-state index contributed by atoms with van der Waals surface area (Å²) in [5.74, 6) is 0. The Morgan fingerprint density at radius 3 is 2.50 bits per heavy atom. The predicted molar refractivity (Wildman–Crippen MR) is 79.0 cm³/mol. The molecule has 0 aliphatic rings. The fraction of sp³-hybridized carbons (Fsp3) is 0.462. The first-order chi connectivity index (χ1) is 9.21. The molecule has 0 aromatic heterocycles. The van der Waals surface area contributed by atoms with Gasteiger partial charge < -0.3 is 16.0 Å². The molecule has 0 saturated heterocycles. The van der Waals surface area contributed by atoms with Crippen LogP contribution in [0.25, 0.3) is 0 Å². The Labute approximate surface area is 121 Å². The monoisotopic (exact) mass is 305 g/mol. The fourth-order valence-electron chi connectivity index (χ4n) is 1.73. The molecule has 0 unspecified atom stereocenters. The number of hydrogen-bond donors (Lipinski definition) is 2. The highest BCUT2D eigenvalue weighted by Crippen LogP contribution is 2.33. The van der Waals surface area contributed by atoms with E-state index in [1.54, 1.807) is 0 Å². The van der Waals surface area contributed by atoms with E-state index in [0.29, 0.717) is 12.2 Å². The zero-order valence-corrected chi connectivity index (χ0v) is 12.2. The predicted octanol–water partition coefficient (Wildman–Crippen LogP) is 2.70. The summed E-state index contributed by atoms with van der Waals surface area (Å²) in [5, 5.41) is 3.06. The molecular formula is C13H18F3N3S. The van der Waals surface area contributed by atoms with Gasteiger partial charge >= 0.3 is 6.18 Å². The molecule has 0 bridgehead atoms. The highest BCUT2D eigenvalue weighted by Gasteiger charge is 2.33. The maximum atomic E-state index is 12.8. The first-order valence-electron chi connectivity index (χ1n) is 6.11. The van der Waals surface area contributed by atoms with Crippen LogP contribution < -0.4 is 11.1 Å². The quantitative estimate of drug-likeness (QED) is 0.626. The second-order valence-corrected chi connectivity index (χ2v) is 5.15. The smallest absolute Gasteiger partial charge is 0.389 e. The van der Waals surface area contributed by atoms with Crippen molar-refractivity contribution >= 4 is 22.9 Å². The van der Waals surface area contributed by atoms with Gasteiger partial charge in [-0.1, -0.05) is 12.2 Å². The molecule has 1 aromatic carbocycles. The lowest BCUT2D eigenvalue weighted by Gasteiger charge is -2.15. The van der Waals surface area contributed by atoms with E-state index in [4.69, 9.17) is 18.0 Å². The Hall–Kier alpha value is -1.34. The van der Waals surface area contributed by atoms with E-state index in [0.717, 1.165) is 19.0 Å². The van der Waals surface area contributed by atoms with Crippen LogP contribution in [-0.4, -0.2) is 37.1 Å². The molecule has 0 heterocycles. The molecule has 0 atom stereocenters. The molecule has 0 saturated carbocycles. The van der Waals surface area contributed by atoms with Crippen molar-refractivity contribution in [1.82, 2.24) is 4.90 Å². The average molecular weight is 305 g/mol. The van der Waals surface area contributed by atoms with Crippen molar-refractivity contribution < 1.29 is 13.2 Å². The van der Waals surface area contributed by atoms with Gasteiger partial charge in [-0.2, -0.15) is 13.2 Å². The van der Waals surface area contributed by atoms with Crippen molar-refractivity contribution in [3.63, 3.8) is 0 Å². The number of nitrogens with one attached hydrogen (secondary N) is 1. The summed E-state index contributed by atoms with van der Waals surface area (Å²) in [7, 11) is 3.92. The van der Waals surface area contributed by atoms with Crippen LogP contribution in [0.15, 0.2) is 18.2 Å². The lowest BCUT2D eigenvalue weighted by Crippen LogP contribution is -2.19. The molecule has 0 aliphatic carbocycles. The number of rotatable bonds is 6. The number of halogens is 3. The second kappa shape index (κ2) is 6.90. The Morgan fingerprint density at radius 2 is 2.00 bits per heavy atom. The number of thiocarbonyl (C=S) groups is 1. The minimum absolute atomic E-state index is 0.148. The van der Waals surface area contributed by atoms with Gasteiger partial charge in [0.25, 0.3) is 0 Å². The Bertz CT molecular complexity index is 472. The minimum Gasteiger partial charge on any atom is -0.389 e. The third kappa shape index (κ3) is 4.97. The van der Waals surface area contributed by atoms with E-state index < -0.39 is 11.7 Å². The molecule has 20 heavy (non-hydrogen) atoms. The first kappa shape index (κ1) is 16.7. The fourth-order valence-corrected chi connectivity index (χ4v) is 1.90. The first-order valence-corrected chi connectivity index (χ1v) is 6.52. The second-order valence-electron chi connectivity index (χ2n) is 4.71. The van der Waals surface area contributed by atoms with E-state index in [-0.39, 0.29) is 10.6 Å². The molecular weight excluding hydrogens is 287 g/mol. The number of alkyl halides is 3. The van der Waals surface area contributed by atoms with Crippen LogP contribution >= 0.6 is 12.2 Å². The average Bonchev–Trinajstić information content (AvgIpc) is 2.33. The van der Waals surface area contributed by atoms with Crippen LogP contribution in [0.4, 0.5) is 18.9 Å². The van der Waals surface area contributed by atoms with Gasteiger partial charge in [-0.25, -0.2) is 0 Å². The molecule has 1 aromatic rings. The van der Waals surface area contributed by atoms with Gasteiger partial charge in [0.15, 0.2) is 0 Å². The number of nitrogens with two attached hydrogens (primary N) is 1. The molecule has 112 valence electrons. The van der Waals surface area contributed by atoms with Gasteiger partial charge in [-0.15, -0.1) is 0 Å². The number of hydrogen-bond acceptors (Lipinski definition) is 3. The van der Waals surface area contributed by atoms with Crippen molar-refractivity contribution in [2.24, 2.45) is 5.73 Å². The normalized spacial score (nSPS) is 11.7. The summed E-state index contributed by atoms with van der Waals surface area (Å²) in [6.07, 6.45) is -3.57. The zero-order chi connectivity index (χ0) is 15.3. The van der Waals surface area contributed by atoms with Gasteiger partial charge in [0, 0.05) is 17.8 Å². The molecule has 0 spiro atoms. The molecule has 0 radical (unpaired) electrons. The third-order valence-corrected chi connectivity index (χ3v) is 2.92. The molecule has 0 aliphatic heterocycles. The van der Waals surface area contributed by atoms with Crippen molar-refractivity contribution in [1.29, 1.82) is 0 Å². The highest BCUT2D eigenvalue weighted by molar-refractivity contribution is 7.80. The van der Waals surface area contributed by atoms with Crippen LogP contribution in [0.5, 0.6) is 0 Å². The van der Waals surface area contributed by atoms with Crippen LogP contribution in [0.2, 0.25) is 0 Å². The maximum Gasteiger partial charge on any atom is 0.417 e. The van der Waals surface area contributed by atoms with E-state index in [1.165, 1.54) is 12.1 Å². The SMILES string of the molecule is CN(C)CCCNc1ccc(C(F)(F)F)c(C(N)=S)c1. The molecule has 1 rings (SSSR count). The summed E-state index contributed by atoms with van der Waals surface area (Å²) >= 11 is 4.69. The third-order valence-electron chi connectivity index (χ3n) is 2.70. The van der Waals surface area contributed by atoms with Crippen LogP contribution in [0.1, 0.15) is 17.5 Å².